The number of benzene rings is 1. The minimum atomic E-state index is -0.162. The summed E-state index contributed by atoms with van der Waals surface area (Å²) >= 11 is 0. The van der Waals surface area contributed by atoms with E-state index in [1.54, 1.807) is 0 Å². The van der Waals surface area contributed by atoms with E-state index in [0.29, 0.717) is 28.9 Å². The van der Waals surface area contributed by atoms with Gasteiger partial charge < -0.3 is 4.74 Å². The molecule has 0 spiro atoms. The minimum absolute atomic E-state index is 0.162. The van der Waals surface area contributed by atoms with Crippen molar-refractivity contribution in [2.75, 3.05) is 6.61 Å². The smallest absolute Gasteiger partial charge is 0.338 e. The van der Waals surface area contributed by atoms with E-state index in [2.05, 4.69) is 20.8 Å². The van der Waals surface area contributed by atoms with Crippen LogP contribution in [0.5, 0.6) is 0 Å². The first-order valence-electron chi connectivity index (χ1n) is 9.63. The summed E-state index contributed by atoms with van der Waals surface area (Å²) < 4.78 is 5.73. The molecule has 3 aliphatic rings. The fourth-order valence-corrected chi connectivity index (χ4v) is 6.69. The quantitative estimate of drug-likeness (QED) is 0.702. The zero-order valence-electron chi connectivity index (χ0n) is 15.3. The number of carbonyl (C=O) groups is 1. The lowest BCUT2D eigenvalue weighted by Crippen LogP contribution is -2.34. The van der Waals surface area contributed by atoms with Crippen molar-refractivity contribution in [2.45, 2.75) is 52.9 Å². The van der Waals surface area contributed by atoms with Crippen LogP contribution in [0.1, 0.15) is 63.2 Å². The average Bonchev–Trinajstić information content (AvgIpc) is 3.14. The van der Waals surface area contributed by atoms with Crippen LogP contribution in [0.2, 0.25) is 0 Å². The molecule has 130 valence electrons. The van der Waals surface area contributed by atoms with Crippen LogP contribution in [0.25, 0.3) is 0 Å². The highest BCUT2D eigenvalue weighted by atomic mass is 16.5. The fraction of sp³-hybridized carbons (Fsp3) is 0.682. The Balaban J connectivity index is 1.46. The van der Waals surface area contributed by atoms with Crippen molar-refractivity contribution in [1.82, 2.24) is 0 Å². The third kappa shape index (κ3) is 2.50. The lowest BCUT2D eigenvalue weighted by Gasteiger charge is -2.38. The summed E-state index contributed by atoms with van der Waals surface area (Å²) in [4.78, 5) is 12.3. The third-order valence-electron chi connectivity index (χ3n) is 7.48. The first-order chi connectivity index (χ1) is 11.4. The van der Waals surface area contributed by atoms with Gasteiger partial charge in [0.1, 0.15) is 0 Å². The number of carbonyl (C=O) groups excluding carboxylic acids is 1. The van der Waals surface area contributed by atoms with Gasteiger partial charge >= 0.3 is 5.97 Å². The normalized spacial score (nSPS) is 39.5. The van der Waals surface area contributed by atoms with Gasteiger partial charge in [-0.1, -0.05) is 39.0 Å². The Bertz CT molecular complexity index is 620. The monoisotopic (exact) mass is 326 g/mol. The molecule has 1 aromatic rings. The Morgan fingerprint density at radius 3 is 2.62 bits per heavy atom. The second kappa shape index (κ2) is 5.61. The standard InChI is InChI=1S/C22H30O2/c1-21(2)11-12-22(3)13-16-9-10-17(18(16)19(21)22)14-24-20(23)15-7-5-4-6-8-15/h4-8,16-19H,9-14H2,1-3H3/t16-,17+,18+,19-,22-/m0/s1. The molecular formula is C22H30O2. The van der Waals surface area contributed by atoms with Crippen LogP contribution in [0.15, 0.2) is 30.3 Å². The molecule has 0 bridgehead atoms. The molecule has 3 saturated carbocycles. The Morgan fingerprint density at radius 1 is 1.12 bits per heavy atom. The van der Waals surface area contributed by atoms with Crippen molar-refractivity contribution in [2.24, 2.45) is 34.5 Å². The SMILES string of the molecule is CC1(C)CC[C@@]2(C)C[C@@H]3CC[C@H](COC(=O)c4ccccc4)[C@@H]3[C@@H]12. The molecule has 3 fully saturated rings. The fourth-order valence-electron chi connectivity index (χ4n) is 6.69. The van der Waals surface area contributed by atoms with Crippen molar-refractivity contribution in [3.05, 3.63) is 35.9 Å². The van der Waals surface area contributed by atoms with E-state index in [1.165, 1.54) is 32.1 Å². The van der Waals surface area contributed by atoms with Crippen molar-refractivity contribution < 1.29 is 9.53 Å². The number of ether oxygens (including phenoxy) is 1. The molecule has 0 heterocycles. The Morgan fingerprint density at radius 2 is 1.88 bits per heavy atom. The van der Waals surface area contributed by atoms with E-state index < -0.39 is 0 Å². The van der Waals surface area contributed by atoms with Crippen LogP contribution in [0.3, 0.4) is 0 Å². The first-order valence-corrected chi connectivity index (χ1v) is 9.63. The average molecular weight is 326 g/mol. The topological polar surface area (TPSA) is 26.3 Å². The van der Waals surface area contributed by atoms with Crippen LogP contribution in [-0.4, -0.2) is 12.6 Å². The van der Waals surface area contributed by atoms with Gasteiger partial charge in [0.05, 0.1) is 12.2 Å². The molecule has 0 aromatic heterocycles. The van der Waals surface area contributed by atoms with Crippen LogP contribution >= 0.6 is 0 Å². The highest BCUT2D eigenvalue weighted by Crippen LogP contribution is 2.69. The Kier molecular flexibility index (Phi) is 3.78. The summed E-state index contributed by atoms with van der Waals surface area (Å²) in [6.45, 7) is 8.07. The number of hydrogen-bond acceptors (Lipinski definition) is 2. The molecule has 1 aromatic carbocycles. The van der Waals surface area contributed by atoms with E-state index in [-0.39, 0.29) is 5.97 Å². The number of hydrogen-bond donors (Lipinski definition) is 0. The molecule has 0 radical (unpaired) electrons. The summed E-state index contributed by atoms with van der Waals surface area (Å²) in [6, 6.07) is 9.40. The summed E-state index contributed by atoms with van der Waals surface area (Å²) in [5.41, 5.74) is 1.64. The molecule has 0 aliphatic heterocycles. The number of esters is 1. The molecule has 0 N–H and O–H groups in total. The maximum Gasteiger partial charge on any atom is 0.338 e. The minimum Gasteiger partial charge on any atom is -0.462 e. The van der Waals surface area contributed by atoms with E-state index in [0.717, 1.165) is 17.8 Å². The Labute approximate surface area is 146 Å². The second-order valence-corrected chi connectivity index (χ2v) is 9.46. The third-order valence-corrected chi connectivity index (χ3v) is 7.48. The molecule has 24 heavy (non-hydrogen) atoms. The molecule has 0 amide bonds. The van der Waals surface area contributed by atoms with Gasteiger partial charge in [-0.05, 0) is 78.7 Å². The maximum atomic E-state index is 12.3. The number of rotatable bonds is 3. The zero-order valence-corrected chi connectivity index (χ0v) is 15.3. The second-order valence-electron chi connectivity index (χ2n) is 9.46. The summed E-state index contributed by atoms with van der Waals surface area (Å²) in [5.74, 6) is 2.83. The van der Waals surface area contributed by atoms with Crippen molar-refractivity contribution in [1.29, 1.82) is 0 Å². The van der Waals surface area contributed by atoms with Crippen molar-refractivity contribution in [3.8, 4) is 0 Å². The predicted molar refractivity (Wildman–Crippen MR) is 95.7 cm³/mol. The summed E-state index contributed by atoms with van der Waals surface area (Å²) in [7, 11) is 0. The lowest BCUT2D eigenvalue weighted by molar-refractivity contribution is 0.0293. The van der Waals surface area contributed by atoms with Gasteiger partial charge in [-0.3, -0.25) is 0 Å². The molecule has 2 heteroatoms. The Hall–Kier alpha value is -1.31. The highest BCUT2D eigenvalue weighted by Gasteiger charge is 2.62. The first kappa shape index (κ1) is 16.2. The van der Waals surface area contributed by atoms with Crippen molar-refractivity contribution >= 4 is 5.97 Å². The largest absolute Gasteiger partial charge is 0.462 e. The van der Waals surface area contributed by atoms with Crippen LogP contribution in [0.4, 0.5) is 0 Å². The van der Waals surface area contributed by atoms with Gasteiger partial charge in [0, 0.05) is 0 Å². The summed E-state index contributed by atoms with van der Waals surface area (Å²) in [6.07, 6.45) is 6.71. The van der Waals surface area contributed by atoms with Gasteiger partial charge in [-0.2, -0.15) is 0 Å². The zero-order chi connectivity index (χ0) is 16.9. The molecule has 0 unspecified atom stereocenters. The van der Waals surface area contributed by atoms with Gasteiger partial charge in [0.15, 0.2) is 0 Å². The van der Waals surface area contributed by atoms with Crippen LogP contribution < -0.4 is 0 Å². The van der Waals surface area contributed by atoms with Gasteiger partial charge in [0.2, 0.25) is 0 Å². The van der Waals surface area contributed by atoms with E-state index >= 15 is 0 Å². The molecular weight excluding hydrogens is 296 g/mol. The molecule has 3 aliphatic carbocycles. The van der Waals surface area contributed by atoms with Gasteiger partial charge in [0.25, 0.3) is 0 Å². The molecule has 2 nitrogen and oxygen atoms in total. The predicted octanol–water partition coefficient (Wildman–Crippen LogP) is 5.33. The molecule has 0 saturated heterocycles. The van der Waals surface area contributed by atoms with E-state index in [9.17, 15) is 4.79 Å². The number of fused-ring (bicyclic) bond motifs is 3. The maximum absolute atomic E-state index is 12.3. The lowest BCUT2D eigenvalue weighted by atomic mass is 9.67. The van der Waals surface area contributed by atoms with Crippen molar-refractivity contribution in [3.63, 3.8) is 0 Å². The van der Waals surface area contributed by atoms with Gasteiger partial charge in [-0.25, -0.2) is 4.79 Å². The molecule has 5 atom stereocenters. The van der Waals surface area contributed by atoms with Gasteiger partial charge in [-0.15, -0.1) is 0 Å². The molecule has 4 rings (SSSR count). The van der Waals surface area contributed by atoms with E-state index in [4.69, 9.17) is 4.74 Å². The van der Waals surface area contributed by atoms with Crippen LogP contribution in [-0.2, 0) is 4.74 Å². The highest BCUT2D eigenvalue weighted by molar-refractivity contribution is 5.89. The summed E-state index contributed by atoms with van der Waals surface area (Å²) in [5, 5.41) is 0. The van der Waals surface area contributed by atoms with Crippen LogP contribution in [0, 0.1) is 34.5 Å². The van der Waals surface area contributed by atoms with E-state index in [1.807, 2.05) is 30.3 Å².